The third kappa shape index (κ3) is 6.50. The Labute approximate surface area is 95.8 Å². The molecule has 0 saturated heterocycles. The Morgan fingerprint density at radius 2 is 1.53 bits per heavy atom. The second-order valence-electron chi connectivity index (χ2n) is 3.32. The molecule has 0 saturated carbocycles. The third-order valence-electron chi connectivity index (χ3n) is 1.99. The van der Waals surface area contributed by atoms with Gasteiger partial charge in [0.25, 0.3) is 0 Å². The maximum absolute atomic E-state index is 10.4. The summed E-state index contributed by atoms with van der Waals surface area (Å²) in [4.78, 5) is 0. The van der Waals surface area contributed by atoms with Crippen LogP contribution >= 0.6 is 0 Å². The molecule has 0 aromatic rings. The average Bonchev–Trinajstić information content (AvgIpc) is 2.18. The minimum atomic E-state index is -3.93. The molecule has 1 atom stereocenters. The van der Waals surface area contributed by atoms with Gasteiger partial charge in [-0.05, 0) is 0 Å². The van der Waals surface area contributed by atoms with E-state index in [1.165, 1.54) is 0 Å². The number of aliphatic hydroxyl groups is 3. The topological polar surface area (TPSA) is 115 Å². The van der Waals surface area contributed by atoms with Crippen LogP contribution in [0, 0.1) is 0 Å². The van der Waals surface area contributed by atoms with Crippen LogP contribution in [0.5, 0.6) is 0 Å². The fraction of sp³-hybridized carbons (Fsp3) is 1.00. The van der Waals surface area contributed by atoms with Crippen molar-refractivity contribution < 1.29 is 28.3 Å². The van der Waals surface area contributed by atoms with Gasteiger partial charge in [-0.2, -0.15) is 0 Å². The van der Waals surface area contributed by atoms with Gasteiger partial charge in [-0.3, -0.25) is 0 Å². The minimum absolute atomic E-state index is 0.292. The molecule has 0 aliphatic carbocycles. The van der Waals surface area contributed by atoms with Crippen LogP contribution in [0.25, 0.3) is 0 Å². The van der Waals surface area contributed by atoms with E-state index in [4.69, 9.17) is 19.9 Å². The van der Waals surface area contributed by atoms with Crippen molar-refractivity contribution in [3.63, 3.8) is 0 Å². The Bertz CT molecular complexity index is 252. The molecule has 0 aromatic heterocycles. The summed E-state index contributed by atoms with van der Waals surface area (Å²) in [5.41, 5.74) is 0. The first-order valence-corrected chi connectivity index (χ1v) is 8.56. The summed E-state index contributed by atoms with van der Waals surface area (Å²) in [5, 5.41) is 27.5. The van der Waals surface area contributed by atoms with Crippen molar-refractivity contribution in [3.05, 3.63) is 0 Å². The van der Waals surface area contributed by atoms with E-state index in [0.29, 0.717) is 11.6 Å². The Morgan fingerprint density at radius 3 is 1.87 bits per heavy atom. The molecule has 92 valence electrons. The molecule has 1 unspecified atom stereocenters. The number of hydrogen-bond acceptors (Lipinski definition) is 5. The first kappa shape index (κ1) is 15.3. The van der Waals surface area contributed by atoms with Gasteiger partial charge >= 0.3 is 95.6 Å². The second-order valence-corrected chi connectivity index (χ2v) is 8.91. The second kappa shape index (κ2) is 6.83. The van der Waals surface area contributed by atoms with Crippen molar-refractivity contribution >= 4 is 25.9 Å². The first-order valence-electron chi connectivity index (χ1n) is 4.42. The zero-order valence-corrected chi connectivity index (χ0v) is 11.2. The predicted octanol–water partition coefficient (Wildman–Crippen LogP) is -1.75. The van der Waals surface area contributed by atoms with Gasteiger partial charge in [0.1, 0.15) is 0 Å². The van der Waals surface area contributed by atoms with Crippen molar-refractivity contribution in [2.75, 3.05) is 25.6 Å². The Balaban J connectivity index is 3.92. The van der Waals surface area contributed by atoms with Crippen molar-refractivity contribution in [1.29, 1.82) is 0 Å². The van der Waals surface area contributed by atoms with Crippen LogP contribution in [0.4, 0.5) is 0 Å². The fourth-order valence-electron chi connectivity index (χ4n) is 0.926. The number of hydrogen-bond donors (Lipinski definition) is 4. The van der Waals surface area contributed by atoms with E-state index in [9.17, 15) is 8.42 Å². The summed E-state index contributed by atoms with van der Waals surface area (Å²) in [7, 11) is -3.93. The monoisotopic (exact) mass is 304 g/mol. The van der Waals surface area contributed by atoms with E-state index in [1.54, 1.807) is 0 Å². The van der Waals surface area contributed by atoms with Gasteiger partial charge < -0.3 is 0 Å². The van der Waals surface area contributed by atoms with Crippen LogP contribution in [0.2, 0.25) is 9.41 Å². The van der Waals surface area contributed by atoms with Crippen LogP contribution in [-0.4, -0.2) is 69.6 Å². The third-order valence-corrected chi connectivity index (χ3v) is 6.63. The molecule has 8 heteroatoms. The Kier molecular flexibility index (Phi) is 6.99. The van der Waals surface area contributed by atoms with Gasteiger partial charge in [-0.25, -0.2) is 0 Å². The molecule has 0 spiro atoms. The molecule has 0 aromatic carbocycles. The normalized spacial score (nSPS) is 13.9. The van der Waals surface area contributed by atoms with Gasteiger partial charge in [-0.15, -0.1) is 0 Å². The molecular weight excluding hydrogens is 287 g/mol. The van der Waals surface area contributed by atoms with E-state index in [1.807, 2.05) is 0 Å². The van der Waals surface area contributed by atoms with Crippen LogP contribution in [0.15, 0.2) is 0 Å². The Morgan fingerprint density at radius 1 is 1.07 bits per heavy atom. The standard InChI is InChI=1S/C7H17AsO6S/c9-4-7(5-10,6-11)8-2-1-3-15(12,13)14/h8-11H,1-6H2,(H,12,13,14). The molecule has 0 aliphatic heterocycles. The Hall–Kier alpha value is 0.348. The van der Waals surface area contributed by atoms with E-state index < -0.39 is 30.1 Å². The van der Waals surface area contributed by atoms with Crippen LogP contribution in [0.1, 0.15) is 6.42 Å². The van der Waals surface area contributed by atoms with Gasteiger partial charge in [0, 0.05) is 0 Å². The number of rotatable bonds is 8. The molecule has 15 heavy (non-hydrogen) atoms. The summed E-state index contributed by atoms with van der Waals surface area (Å²) in [6.07, 6.45) is 0.292. The predicted molar refractivity (Wildman–Crippen MR) is 56.9 cm³/mol. The molecule has 0 fully saturated rings. The quantitative estimate of drug-likeness (QED) is 0.240. The molecule has 0 bridgehead atoms. The van der Waals surface area contributed by atoms with Crippen molar-refractivity contribution in [1.82, 2.24) is 0 Å². The van der Waals surface area contributed by atoms with Gasteiger partial charge in [0.05, 0.1) is 0 Å². The van der Waals surface area contributed by atoms with E-state index in [2.05, 4.69) is 0 Å². The van der Waals surface area contributed by atoms with Crippen molar-refractivity contribution in [2.24, 2.45) is 0 Å². The maximum atomic E-state index is 10.4. The fourth-order valence-corrected chi connectivity index (χ4v) is 4.53. The van der Waals surface area contributed by atoms with E-state index in [-0.39, 0.29) is 25.6 Å². The zero-order valence-electron chi connectivity index (χ0n) is 8.26. The first-order chi connectivity index (χ1) is 6.89. The summed E-state index contributed by atoms with van der Waals surface area (Å²) < 4.78 is 28.4. The SMILES string of the molecule is O=S(=O)(O)CCC[AsH]C(CO)(CO)CO. The van der Waals surface area contributed by atoms with Crippen LogP contribution < -0.4 is 0 Å². The average molecular weight is 304 g/mol. The van der Waals surface area contributed by atoms with Gasteiger partial charge in [0.15, 0.2) is 0 Å². The molecular formula is C7H17AsO6S. The summed E-state index contributed by atoms with van der Waals surface area (Å²) in [6, 6.07) is 0. The summed E-state index contributed by atoms with van der Waals surface area (Å²) in [5.74, 6) is -0.311. The van der Waals surface area contributed by atoms with Gasteiger partial charge in [-0.1, -0.05) is 0 Å². The molecule has 0 heterocycles. The van der Waals surface area contributed by atoms with Gasteiger partial charge in [0.2, 0.25) is 0 Å². The molecule has 4 N–H and O–H groups in total. The molecule has 0 aliphatic rings. The number of aliphatic hydroxyl groups excluding tert-OH is 3. The van der Waals surface area contributed by atoms with Crippen molar-refractivity contribution in [3.8, 4) is 0 Å². The molecule has 0 rings (SSSR count). The van der Waals surface area contributed by atoms with E-state index in [0.717, 1.165) is 0 Å². The molecule has 0 radical (unpaired) electrons. The molecule has 6 nitrogen and oxygen atoms in total. The van der Waals surface area contributed by atoms with Crippen LogP contribution in [-0.2, 0) is 10.1 Å². The van der Waals surface area contributed by atoms with Crippen molar-refractivity contribution in [2.45, 2.75) is 15.8 Å². The summed E-state index contributed by atoms with van der Waals surface area (Å²) >= 11 is -0.847. The summed E-state index contributed by atoms with van der Waals surface area (Å²) in [6.45, 7) is -0.899. The molecule has 0 amide bonds. The zero-order chi connectivity index (χ0) is 11.9. The van der Waals surface area contributed by atoms with Crippen LogP contribution in [0.3, 0.4) is 0 Å². The van der Waals surface area contributed by atoms with E-state index >= 15 is 0 Å².